The largest absolute Gasteiger partial charge is 0.367 e. The maximum Gasteiger partial charge on any atom is 0.280 e. The smallest absolute Gasteiger partial charge is 0.280 e. The van der Waals surface area contributed by atoms with Crippen molar-refractivity contribution >= 4 is 40.4 Å². The molecule has 3 fully saturated rings. The van der Waals surface area contributed by atoms with Gasteiger partial charge in [0, 0.05) is 30.9 Å². The van der Waals surface area contributed by atoms with E-state index in [4.69, 9.17) is 16.3 Å². The van der Waals surface area contributed by atoms with Crippen LogP contribution in [0.4, 0.5) is 0 Å². The highest BCUT2D eigenvalue weighted by Gasteiger charge is 2.53. The number of halogens is 1. The molecule has 1 amide bonds. The van der Waals surface area contributed by atoms with Crippen LogP contribution in [0.5, 0.6) is 0 Å². The zero-order valence-corrected chi connectivity index (χ0v) is 19.4. The zero-order chi connectivity index (χ0) is 22.9. The molecule has 4 heterocycles. The van der Waals surface area contributed by atoms with Gasteiger partial charge in [-0.3, -0.25) is 19.3 Å². The SMILES string of the molecule is O=C(NCC(=O)C1CCCCC1N1C[C@H](Cl)[C@H]2OCC(=O)[C@H]21)c1ncc(-c2cccnn2)s1. The first-order chi connectivity index (χ1) is 16.0. The summed E-state index contributed by atoms with van der Waals surface area (Å²) in [6.07, 6.45) is 6.38. The third-order valence-electron chi connectivity index (χ3n) is 6.68. The fourth-order valence-electron chi connectivity index (χ4n) is 5.16. The molecule has 174 valence electrons. The van der Waals surface area contributed by atoms with Crippen molar-refractivity contribution in [2.45, 2.75) is 49.2 Å². The number of aromatic nitrogens is 3. The monoisotopic (exact) mass is 489 g/mol. The fourth-order valence-corrected chi connectivity index (χ4v) is 6.33. The third-order valence-corrected chi connectivity index (χ3v) is 8.08. The lowest BCUT2D eigenvalue weighted by Crippen LogP contribution is -2.52. The molecular formula is C22H24ClN5O4S. The van der Waals surface area contributed by atoms with Gasteiger partial charge in [-0.05, 0) is 25.0 Å². The molecule has 2 aromatic heterocycles. The maximum atomic E-state index is 13.2. The van der Waals surface area contributed by atoms with Crippen LogP contribution in [0.2, 0.25) is 0 Å². The summed E-state index contributed by atoms with van der Waals surface area (Å²) < 4.78 is 5.60. The Kier molecular flexibility index (Phi) is 6.51. The van der Waals surface area contributed by atoms with Gasteiger partial charge in [-0.15, -0.1) is 28.0 Å². The topological polar surface area (TPSA) is 114 Å². The van der Waals surface area contributed by atoms with Gasteiger partial charge in [0.1, 0.15) is 12.3 Å². The molecule has 1 N–H and O–H groups in total. The van der Waals surface area contributed by atoms with Crippen molar-refractivity contribution in [1.29, 1.82) is 0 Å². The van der Waals surface area contributed by atoms with Crippen LogP contribution in [0.3, 0.4) is 0 Å². The number of amides is 1. The number of hydrogen-bond acceptors (Lipinski definition) is 9. The molecule has 2 unspecified atom stereocenters. The number of hydrogen-bond donors (Lipinski definition) is 1. The molecule has 2 aliphatic heterocycles. The lowest BCUT2D eigenvalue weighted by atomic mass is 9.80. The van der Waals surface area contributed by atoms with Crippen LogP contribution in [0, 0.1) is 5.92 Å². The molecule has 3 aliphatic rings. The van der Waals surface area contributed by atoms with Gasteiger partial charge >= 0.3 is 0 Å². The second-order valence-corrected chi connectivity index (χ2v) is 10.2. The average molecular weight is 490 g/mol. The molecule has 2 saturated heterocycles. The van der Waals surface area contributed by atoms with E-state index in [1.54, 1.807) is 24.5 Å². The summed E-state index contributed by atoms with van der Waals surface area (Å²) in [6.45, 7) is 0.547. The molecule has 0 spiro atoms. The predicted octanol–water partition coefficient (Wildman–Crippen LogP) is 1.72. The molecule has 0 radical (unpaired) electrons. The van der Waals surface area contributed by atoms with Crippen LogP contribution in [-0.2, 0) is 14.3 Å². The minimum atomic E-state index is -0.391. The first-order valence-corrected chi connectivity index (χ1v) is 12.4. The molecule has 0 aromatic carbocycles. The number of fused-ring (bicyclic) bond motifs is 1. The van der Waals surface area contributed by atoms with E-state index < -0.39 is 5.91 Å². The molecule has 2 aromatic rings. The first-order valence-electron chi connectivity index (χ1n) is 11.1. The highest BCUT2D eigenvalue weighted by Crippen LogP contribution is 2.38. The van der Waals surface area contributed by atoms with E-state index in [9.17, 15) is 14.4 Å². The number of Topliss-reactive ketones (excluding diaryl/α,β-unsaturated/α-hetero) is 2. The van der Waals surface area contributed by atoms with Crippen molar-refractivity contribution < 1.29 is 19.1 Å². The summed E-state index contributed by atoms with van der Waals surface area (Å²) >= 11 is 7.66. The number of ether oxygens (including phenoxy) is 1. The number of ketones is 2. The summed E-state index contributed by atoms with van der Waals surface area (Å²) in [4.78, 5) is 45.2. The number of likely N-dealkylation sites (tertiary alicyclic amines) is 1. The lowest BCUT2D eigenvalue weighted by Gasteiger charge is -2.39. The van der Waals surface area contributed by atoms with Crippen LogP contribution in [0.25, 0.3) is 10.6 Å². The normalized spacial score (nSPS) is 29.7. The van der Waals surface area contributed by atoms with E-state index >= 15 is 0 Å². The third kappa shape index (κ3) is 4.44. The minimum absolute atomic E-state index is 0.0281. The zero-order valence-electron chi connectivity index (χ0n) is 17.9. The predicted molar refractivity (Wildman–Crippen MR) is 121 cm³/mol. The van der Waals surface area contributed by atoms with Crippen LogP contribution >= 0.6 is 22.9 Å². The summed E-state index contributed by atoms with van der Waals surface area (Å²) in [5.41, 5.74) is 0.641. The Morgan fingerprint density at radius 2 is 2.15 bits per heavy atom. The van der Waals surface area contributed by atoms with E-state index in [2.05, 4.69) is 25.4 Å². The Bertz CT molecular complexity index is 1050. The molecule has 9 nitrogen and oxygen atoms in total. The van der Waals surface area contributed by atoms with Crippen LogP contribution in [0.15, 0.2) is 24.5 Å². The van der Waals surface area contributed by atoms with Crippen LogP contribution < -0.4 is 5.32 Å². The highest BCUT2D eigenvalue weighted by molar-refractivity contribution is 7.16. The first kappa shape index (κ1) is 22.5. The van der Waals surface area contributed by atoms with Crippen molar-refractivity contribution in [3.05, 3.63) is 29.5 Å². The molecule has 5 atom stereocenters. The lowest BCUT2D eigenvalue weighted by molar-refractivity contribution is -0.128. The molecule has 33 heavy (non-hydrogen) atoms. The Morgan fingerprint density at radius 1 is 1.30 bits per heavy atom. The van der Waals surface area contributed by atoms with Gasteiger partial charge in [-0.2, -0.15) is 5.10 Å². The minimum Gasteiger partial charge on any atom is -0.367 e. The van der Waals surface area contributed by atoms with Gasteiger partial charge in [0.2, 0.25) is 0 Å². The molecule has 0 bridgehead atoms. The van der Waals surface area contributed by atoms with E-state index in [-0.39, 0.29) is 59.2 Å². The van der Waals surface area contributed by atoms with Crippen molar-refractivity contribution in [2.75, 3.05) is 19.7 Å². The molecular weight excluding hydrogens is 466 g/mol. The fraction of sp³-hybridized carbons (Fsp3) is 0.545. The standard InChI is InChI=1S/C22H24ClN5O4S/c23-13-10-28(19-17(30)11-32-20(13)19)15-6-2-1-4-12(15)16(29)8-24-21(31)22-25-9-18(33-22)14-5-3-7-26-27-14/h3,5,7,9,12-13,15,19-20H,1-2,4,6,8,10-11H2,(H,24,31)/t12?,13-,15?,19+,20+/m0/s1. The number of alkyl halides is 1. The number of nitrogens with one attached hydrogen (secondary N) is 1. The van der Waals surface area contributed by atoms with Crippen LogP contribution in [0.1, 0.15) is 35.5 Å². The number of nitrogens with zero attached hydrogens (tertiary/aromatic N) is 4. The second kappa shape index (κ2) is 9.54. The van der Waals surface area contributed by atoms with Gasteiger partial charge in [0.15, 0.2) is 16.6 Å². The second-order valence-electron chi connectivity index (χ2n) is 8.65. The van der Waals surface area contributed by atoms with Crippen molar-refractivity contribution in [3.8, 4) is 10.6 Å². The van der Waals surface area contributed by atoms with Gasteiger partial charge in [-0.1, -0.05) is 12.8 Å². The number of carbonyl (C=O) groups is 3. The van der Waals surface area contributed by atoms with Crippen molar-refractivity contribution in [2.24, 2.45) is 5.92 Å². The highest BCUT2D eigenvalue weighted by atomic mass is 35.5. The van der Waals surface area contributed by atoms with E-state index in [1.807, 2.05) is 0 Å². The summed E-state index contributed by atoms with van der Waals surface area (Å²) in [5, 5.41) is 10.6. The Hall–Kier alpha value is -2.27. The van der Waals surface area contributed by atoms with Crippen LogP contribution in [-0.4, -0.2) is 80.8 Å². The van der Waals surface area contributed by atoms with Crippen molar-refractivity contribution in [1.82, 2.24) is 25.4 Å². The quantitative estimate of drug-likeness (QED) is 0.610. The van der Waals surface area contributed by atoms with Gasteiger partial charge < -0.3 is 10.1 Å². The molecule has 11 heteroatoms. The number of rotatable bonds is 6. The Labute approximate surface area is 199 Å². The average Bonchev–Trinajstić information content (AvgIpc) is 3.56. The van der Waals surface area contributed by atoms with Crippen molar-refractivity contribution in [3.63, 3.8) is 0 Å². The maximum absolute atomic E-state index is 13.2. The van der Waals surface area contributed by atoms with Gasteiger partial charge in [0.05, 0.1) is 28.9 Å². The summed E-state index contributed by atoms with van der Waals surface area (Å²) in [7, 11) is 0. The molecule has 1 aliphatic carbocycles. The van der Waals surface area contributed by atoms with E-state index in [0.717, 1.165) is 30.6 Å². The molecule has 5 rings (SSSR count). The Balaban J connectivity index is 1.23. The van der Waals surface area contributed by atoms with E-state index in [1.165, 1.54) is 11.3 Å². The summed E-state index contributed by atoms with van der Waals surface area (Å²) in [5.74, 6) is -0.630. The number of carbonyl (C=O) groups excluding carboxylic acids is 3. The molecule has 1 saturated carbocycles. The van der Waals surface area contributed by atoms with E-state index in [0.29, 0.717) is 12.2 Å². The van der Waals surface area contributed by atoms with Gasteiger partial charge in [-0.25, -0.2) is 4.98 Å². The van der Waals surface area contributed by atoms with Gasteiger partial charge in [0.25, 0.3) is 5.91 Å². The Morgan fingerprint density at radius 3 is 2.97 bits per heavy atom. The summed E-state index contributed by atoms with van der Waals surface area (Å²) in [6, 6.07) is 3.13. The number of thiazole rings is 1.